The Morgan fingerprint density at radius 3 is 2.60 bits per heavy atom. The molecule has 1 aliphatic rings. The minimum atomic E-state index is -0.381. The van der Waals surface area contributed by atoms with Crippen LogP contribution < -0.4 is 5.32 Å². The summed E-state index contributed by atoms with van der Waals surface area (Å²) in [6.45, 7) is 0. The lowest BCUT2D eigenvalue weighted by Gasteiger charge is -2.25. The van der Waals surface area contributed by atoms with E-state index in [2.05, 4.69) is 31.5 Å². The summed E-state index contributed by atoms with van der Waals surface area (Å²) in [5.41, 5.74) is 0.472. The minimum absolute atomic E-state index is 0.127. The smallest absolute Gasteiger partial charge is 0.257 e. The largest absolute Gasteiger partial charge is 0.303 e. The first kappa shape index (κ1) is 20.8. The quantitative estimate of drug-likeness (QED) is 0.548. The number of hydrogen-bond acceptors (Lipinski definition) is 6. The topological polar surface area (TPSA) is 76.9 Å². The first-order chi connectivity index (χ1) is 14.7. The van der Waals surface area contributed by atoms with E-state index in [0.29, 0.717) is 11.6 Å². The van der Waals surface area contributed by atoms with E-state index >= 15 is 0 Å². The molecule has 0 spiro atoms. The van der Waals surface area contributed by atoms with Crippen molar-refractivity contribution in [2.24, 2.45) is 0 Å². The second-order valence-electron chi connectivity index (χ2n) is 7.35. The minimum Gasteiger partial charge on any atom is -0.303 e. The zero-order valence-corrected chi connectivity index (χ0v) is 18.3. The molecule has 0 unspecified atom stereocenters. The number of amides is 2. The number of thiophene rings is 1. The van der Waals surface area contributed by atoms with Gasteiger partial charge in [-0.2, -0.15) is 0 Å². The molecule has 8 heteroatoms. The fourth-order valence-electron chi connectivity index (χ4n) is 3.76. The fraction of sp³-hybridized carbons (Fsp3) is 0.364. The average Bonchev–Trinajstić information content (AvgIpc) is 3.44. The van der Waals surface area contributed by atoms with E-state index in [9.17, 15) is 9.59 Å². The Kier molecular flexibility index (Phi) is 6.96. The van der Waals surface area contributed by atoms with Crippen LogP contribution in [0.25, 0.3) is 0 Å². The van der Waals surface area contributed by atoms with Crippen molar-refractivity contribution in [3.8, 4) is 0 Å². The molecule has 1 N–H and O–H groups in total. The van der Waals surface area contributed by atoms with Gasteiger partial charge in [-0.25, -0.2) is 0 Å². The molecule has 1 saturated carbocycles. The molecule has 0 aliphatic heterocycles. The highest BCUT2D eigenvalue weighted by molar-refractivity contribution is 7.99. The maximum absolute atomic E-state index is 12.3. The normalized spacial score (nSPS) is 14.5. The molecule has 0 bridgehead atoms. The van der Waals surface area contributed by atoms with Crippen molar-refractivity contribution in [1.82, 2.24) is 20.1 Å². The Hall–Kier alpha value is -2.45. The van der Waals surface area contributed by atoms with Crippen molar-refractivity contribution < 1.29 is 9.59 Å². The maximum atomic E-state index is 12.3. The van der Waals surface area contributed by atoms with Crippen LogP contribution in [-0.4, -0.2) is 32.3 Å². The van der Waals surface area contributed by atoms with E-state index in [-0.39, 0.29) is 17.6 Å². The van der Waals surface area contributed by atoms with Crippen LogP contribution >= 0.6 is 23.1 Å². The number of benzene rings is 1. The van der Waals surface area contributed by atoms with Crippen LogP contribution in [0.3, 0.4) is 0 Å². The van der Waals surface area contributed by atoms with Crippen LogP contribution in [0.4, 0.5) is 0 Å². The highest BCUT2D eigenvalue weighted by Crippen LogP contribution is 2.33. The number of imide groups is 1. The highest BCUT2D eigenvalue weighted by atomic mass is 32.2. The van der Waals surface area contributed by atoms with Gasteiger partial charge in [-0.3, -0.25) is 14.9 Å². The molecule has 4 rings (SSSR count). The van der Waals surface area contributed by atoms with E-state index in [0.717, 1.165) is 30.2 Å². The zero-order valence-electron chi connectivity index (χ0n) is 16.6. The Morgan fingerprint density at radius 2 is 1.87 bits per heavy atom. The second-order valence-corrected chi connectivity index (χ2v) is 9.32. The lowest BCUT2D eigenvalue weighted by Crippen LogP contribution is -2.31. The average molecular weight is 441 g/mol. The molecule has 0 atom stereocenters. The Balaban J connectivity index is 1.44. The summed E-state index contributed by atoms with van der Waals surface area (Å²) >= 11 is 3.06. The number of nitrogens with one attached hydrogen (secondary N) is 1. The van der Waals surface area contributed by atoms with Gasteiger partial charge in [0.25, 0.3) is 5.91 Å². The number of thioether (sulfide) groups is 1. The SMILES string of the molecule is O=C(CSc1nnc(Cc2cccs2)n1C1CCCCC1)NC(=O)c1ccccc1. The Labute approximate surface area is 184 Å². The van der Waals surface area contributed by atoms with Gasteiger partial charge in [-0.1, -0.05) is 55.3 Å². The van der Waals surface area contributed by atoms with Gasteiger partial charge in [0, 0.05) is 22.9 Å². The molecule has 156 valence electrons. The van der Waals surface area contributed by atoms with Crippen molar-refractivity contribution in [3.63, 3.8) is 0 Å². The molecule has 1 aliphatic carbocycles. The second kappa shape index (κ2) is 10.0. The molecule has 6 nitrogen and oxygen atoms in total. The van der Waals surface area contributed by atoms with E-state index in [1.807, 2.05) is 12.1 Å². The highest BCUT2D eigenvalue weighted by Gasteiger charge is 2.24. The van der Waals surface area contributed by atoms with Crippen molar-refractivity contribution in [2.75, 3.05) is 5.75 Å². The van der Waals surface area contributed by atoms with E-state index in [4.69, 9.17) is 0 Å². The first-order valence-corrected chi connectivity index (χ1v) is 12.1. The zero-order chi connectivity index (χ0) is 20.8. The summed E-state index contributed by atoms with van der Waals surface area (Å²) < 4.78 is 2.23. The molecule has 3 aromatic rings. The van der Waals surface area contributed by atoms with Crippen LogP contribution in [-0.2, 0) is 11.2 Å². The van der Waals surface area contributed by atoms with Gasteiger partial charge in [-0.05, 0) is 36.4 Å². The molecule has 0 saturated heterocycles. The molecule has 2 heterocycles. The van der Waals surface area contributed by atoms with Gasteiger partial charge < -0.3 is 4.57 Å². The van der Waals surface area contributed by atoms with E-state index < -0.39 is 0 Å². The van der Waals surface area contributed by atoms with Crippen molar-refractivity contribution >= 4 is 34.9 Å². The summed E-state index contributed by atoms with van der Waals surface area (Å²) in [6, 6.07) is 13.3. The number of carbonyl (C=O) groups excluding carboxylic acids is 2. The first-order valence-electron chi connectivity index (χ1n) is 10.2. The summed E-state index contributed by atoms with van der Waals surface area (Å²) in [5, 5.41) is 14.1. The molecule has 1 aromatic carbocycles. The number of nitrogens with zero attached hydrogens (tertiary/aromatic N) is 3. The summed E-state index contributed by atoms with van der Waals surface area (Å²) in [4.78, 5) is 25.8. The Morgan fingerprint density at radius 1 is 1.07 bits per heavy atom. The summed E-state index contributed by atoms with van der Waals surface area (Å²) in [5.74, 6) is 0.371. The third kappa shape index (κ3) is 5.17. The van der Waals surface area contributed by atoms with Crippen LogP contribution in [0.1, 0.15) is 59.2 Å². The molecule has 2 amide bonds. The van der Waals surface area contributed by atoms with Crippen LogP contribution in [0, 0.1) is 0 Å². The van der Waals surface area contributed by atoms with Crippen molar-refractivity contribution in [2.45, 2.75) is 49.7 Å². The lowest BCUT2D eigenvalue weighted by molar-refractivity contribution is -0.117. The predicted molar refractivity (Wildman–Crippen MR) is 119 cm³/mol. The lowest BCUT2D eigenvalue weighted by atomic mass is 9.95. The molecule has 30 heavy (non-hydrogen) atoms. The van der Waals surface area contributed by atoms with Crippen LogP contribution in [0.15, 0.2) is 53.0 Å². The van der Waals surface area contributed by atoms with E-state index in [1.165, 1.54) is 35.9 Å². The summed E-state index contributed by atoms with van der Waals surface area (Å²) in [6.07, 6.45) is 6.66. The van der Waals surface area contributed by atoms with Crippen LogP contribution in [0.2, 0.25) is 0 Å². The number of carbonyl (C=O) groups is 2. The van der Waals surface area contributed by atoms with Crippen LogP contribution in [0.5, 0.6) is 0 Å². The van der Waals surface area contributed by atoms with E-state index in [1.54, 1.807) is 35.6 Å². The third-order valence-electron chi connectivity index (χ3n) is 5.21. The summed E-state index contributed by atoms with van der Waals surface area (Å²) in [7, 11) is 0. The molecule has 2 aromatic heterocycles. The van der Waals surface area contributed by atoms with Gasteiger partial charge in [0.15, 0.2) is 5.16 Å². The standard InChI is InChI=1S/C22H24N4O2S2/c27-20(23-21(28)16-8-3-1-4-9-16)15-30-22-25-24-19(14-18-12-7-13-29-18)26(22)17-10-5-2-6-11-17/h1,3-4,7-9,12-13,17H,2,5-6,10-11,14-15H2,(H,23,27,28). The predicted octanol–water partition coefficient (Wildman–Crippen LogP) is 4.48. The van der Waals surface area contributed by atoms with Gasteiger partial charge in [0.05, 0.1) is 5.75 Å². The molecule has 1 fully saturated rings. The number of hydrogen-bond donors (Lipinski definition) is 1. The van der Waals surface area contributed by atoms with Crippen molar-refractivity contribution in [3.05, 3.63) is 64.1 Å². The molecule has 0 radical (unpaired) electrons. The van der Waals surface area contributed by atoms with Gasteiger partial charge >= 0.3 is 0 Å². The molecular formula is C22H24N4O2S2. The fourth-order valence-corrected chi connectivity index (χ4v) is 5.28. The van der Waals surface area contributed by atoms with Crippen molar-refractivity contribution in [1.29, 1.82) is 0 Å². The molecular weight excluding hydrogens is 416 g/mol. The van der Waals surface area contributed by atoms with Gasteiger partial charge in [-0.15, -0.1) is 21.5 Å². The Bertz CT molecular complexity index is 980. The maximum Gasteiger partial charge on any atom is 0.257 e. The number of aromatic nitrogens is 3. The van der Waals surface area contributed by atoms with Gasteiger partial charge in [0.2, 0.25) is 5.91 Å². The third-order valence-corrected chi connectivity index (χ3v) is 7.03. The number of rotatable bonds is 7. The monoisotopic (exact) mass is 440 g/mol. The van der Waals surface area contributed by atoms with Gasteiger partial charge in [0.1, 0.15) is 5.82 Å².